The standard InChI is InChI=1S/C16H28N4O/c1-5-9-17-12-10-13(19-14(18-12)15(2,3)4)20-16(11-21)7-6-8-16/h10,21H,5-9,11H2,1-4H3,(H2,17,18,19,20). The van der Waals surface area contributed by atoms with Crippen LogP contribution in [0.3, 0.4) is 0 Å². The highest BCUT2D eigenvalue weighted by atomic mass is 16.3. The van der Waals surface area contributed by atoms with E-state index in [1.165, 1.54) is 0 Å². The van der Waals surface area contributed by atoms with Gasteiger partial charge in [0.15, 0.2) is 0 Å². The van der Waals surface area contributed by atoms with Crippen LogP contribution in [-0.2, 0) is 5.41 Å². The Hall–Kier alpha value is -1.36. The monoisotopic (exact) mass is 292 g/mol. The van der Waals surface area contributed by atoms with E-state index in [0.29, 0.717) is 0 Å². The lowest BCUT2D eigenvalue weighted by Crippen LogP contribution is -2.48. The molecule has 0 amide bonds. The molecule has 0 radical (unpaired) electrons. The number of nitrogens with zero attached hydrogens (tertiary/aromatic N) is 2. The molecule has 21 heavy (non-hydrogen) atoms. The second-order valence-electron chi connectivity index (χ2n) is 7.06. The van der Waals surface area contributed by atoms with Gasteiger partial charge in [-0.15, -0.1) is 0 Å². The average Bonchev–Trinajstić information content (AvgIpc) is 2.39. The fraction of sp³-hybridized carbons (Fsp3) is 0.750. The van der Waals surface area contributed by atoms with Gasteiger partial charge in [-0.25, -0.2) is 9.97 Å². The van der Waals surface area contributed by atoms with Crippen LogP contribution in [0, 0.1) is 0 Å². The van der Waals surface area contributed by atoms with E-state index in [2.05, 4.69) is 48.3 Å². The summed E-state index contributed by atoms with van der Waals surface area (Å²) in [5, 5.41) is 16.4. The predicted molar refractivity (Wildman–Crippen MR) is 86.8 cm³/mol. The number of hydrogen-bond donors (Lipinski definition) is 3. The summed E-state index contributed by atoms with van der Waals surface area (Å²) in [5.41, 5.74) is -0.294. The summed E-state index contributed by atoms with van der Waals surface area (Å²) in [6, 6.07) is 1.95. The minimum Gasteiger partial charge on any atom is -0.394 e. The van der Waals surface area contributed by atoms with Crippen molar-refractivity contribution in [3.05, 3.63) is 11.9 Å². The Labute approximate surface area is 127 Å². The highest BCUT2D eigenvalue weighted by Gasteiger charge is 2.36. The Balaban J connectivity index is 2.26. The molecule has 0 aliphatic heterocycles. The molecule has 1 aromatic rings. The molecule has 0 saturated heterocycles. The SMILES string of the molecule is CCCNc1cc(NC2(CO)CCC2)nc(C(C)(C)C)n1. The lowest BCUT2D eigenvalue weighted by atomic mass is 9.77. The summed E-state index contributed by atoms with van der Waals surface area (Å²) in [5.74, 6) is 2.48. The molecule has 1 heterocycles. The normalized spacial score (nSPS) is 17.2. The van der Waals surface area contributed by atoms with Crippen molar-refractivity contribution in [2.75, 3.05) is 23.8 Å². The quantitative estimate of drug-likeness (QED) is 0.752. The molecule has 5 nitrogen and oxygen atoms in total. The summed E-state index contributed by atoms with van der Waals surface area (Å²) >= 11 is 0. The molecule has 1 aromatic heterocycles. The zero-order valence-electron chi connectivity index (χ0n) is 13.7. The van der Waals surface area contributed by atoms with Gasteiger partial charge in [0.05, 0.1) is 12.1 Å². The topological polar surface area (TPSA) is 70.1 Å². The van der Waals surface area contributed by atoms with E-state index in [4.69, 9.17) is 0 Å². The Bertz CT molecular complexity index is 472. The fourth-order valence-corrected chi connectivity index (χ4v) is 2.39. The van der Waals surface area contributed by atoms with Gasteiger partial charge in [-0.3, -0.25) is 0 Å². The Morgan fingerprint density at radius 2 is 1.90 bits per heavy atom. The van der Waals surface area contributed by atoms with Crippen LogP contribution in [-0.4, -0.2) is 33.8 Å². The van der Waals surface area contributed by atoms with Crippen LogP contribution in [0.1, 0.15) is 59.2 Å². The molecule has 0 aromatic carbocycles. The van der Waals surface area contributed by atoms with Crippen LogP contribution in [0.4, 0.5) is 11.6 Å². The van der Waals surface area contributed by atoms with Crippen molar-refractivity contribution >= 4 is 11.6 Å². The minimum atomic E-state index is -0.189. The molecule has 0 unspecified atom stereocenters. The van der Waals surface area contributed by atoms with Crippen LogP contribution >= 0.6 is 0 Å². The highest BCUT2D eigenvalue weighted by molar-refractivity contribution is 5.50. The van der Waals surface area contributed by atoms with Gasteiger partial charge < -0.3 is 15.7 Å². The molecule has 2 rings (SSSR count). The smallest absolute Gasteiger partial charge is 0.138 e. The van der Waals surface area contributed by atoms with Gasteiger partial charge in [-0.2, -0.15) is 0 Å². The van der Waals surface area contributed by atoms with E-state index in [-0.39, 0.29) is 17.6 Å². The molecular formula is C16H28N4O. The van der Waals surface area contributed by atoms with Crippen molar-refractivity contribution in [2.45, 2.75) is 64.3 Å². The third kappa shape index (κ3) is 3.84. The van der Waals surface area contributed by atoms with Crippen LogP contribution in [0.2, 0.25) is 0 Å². The van der Waals surface area contributed by atoms with E-state index >= 15 is 0 Å². The number of aliphatic hydroxyl groups excluding tert-OH is 1. The Kier molecular flexibility index (Phi) is 4.71. The maximum Gasteiger partial charge on any atom is 0.138 e. The zero-order chi connectivity index (χ0) is 15.5. The second kappa shape index (κ2) is 6.18. The van der Waals surface area contributed by atoms with Crippen molar-refractivity contribution in [3.8, 4) is 0 Å². The van der Waals surface area contributed by atoms with E-state index in [9.17, 15) is 5.11 Å². The molecule has 118 valence electrons. The van der Waals surface area contributed by atoms with Crippen molar-refractivity contribution in [1.29, 1.82) is 0 Å². The Morgan fingerprint density at radius 1 is 1.24 bits per heavy atom. The van der Waals surface area contributed by atoms with Crippen molar-refractivity contribution in [1.82, 2.24) is 9.97 Å². The number of aliphatic hydroxyl groups is 1. The first-order valence-corrected chi connectivity index (χ1v) is 7.91. The largest absolute Gasteiger partial charge is 0.394 e. The summed E-state index contributed by atoms with van der Waals surface area (Å²) in [7, 11) is 0. The van der Waals surface area contributed by atoms with Gasteiger partial charge in [0.1, 0.15) is 17.5 Å². The van der Waals surface area contributed by atoms with E-state index in [1.54, 1.807) is 0 Å². The van der Waals surface area contributed by atoms with Gasteiger partial charge in [-0.1, -0.05) is 27.7 Å². The van der Waals surface area contributed by atoms with E-state index < -0.39 is 0 Å². The number of anilines is 2. The second-order valence-corrected chi connectivity index (χ2v) is 7.06. The maximum absolute atomic E-state index is 9.62. The van der Waals surface area contributed by atoms with Crippen molar-refractivity contribution < 1.29 is 5.11 Å². The summed E-state index contributed by atoms with van der Waals surface area (Å²) in [4.78, 5) is 9.27. The first-order chi connectivity index (χ1) is 9.88. The first-order valence-electron chi connectivity index (χ1n) is 7.91. The lowest BCUT2D eigenvalue weighted by Gasteiger charge is -2.41. The van der Waals surface area contributed by atoms with Crippen LogP contribution in [0.25, 0.3) is 0 Å². The molecular weight excluding hydrogens is 264 g/mol. The van der Waals surface area contributed by atoms with Gasteiger partial charge in [0.2, 0.25) is 0 Å². The van der Waals surface area contributed by atoms with Crippen LogP contribution in [0.5, 0.6) is 0 Å². The number of aromatic nitrogens is 2. The fourth-order valence-electron chi connectivity index (χ4n) is 2.39. The molecule has 0 atom stereocenters. The minimum absolute atomic E-state index is 0.105. The van der Waals surface area contributed by atoms with E-state index in [0.717, 1.165) is 49.7 Å². The third-order valence-electron chi connectivity index (χ3n) is 3.96. The first kappa shape index (κ1) is 16.0. The van der Waals surface area contributed by atoms with Gasteiger partial charge in [-0.05, 0) is 25.7 Å². The zero-order valence-corrected chi connectivity index (χ0v) is 13.7. The average molecular weight is 292 g/mol. The lowest BCUT2D eigenvalue weighted by molar-refractivity contribution is 0.143. The van der Waals surface area contributed by atoms with Gasteiger partial charge in [0.25, 0.3) is 0 Å². The van der Waals surface area contributed by atoms with Gasteiger partial charge >= 0.3 is 0 Å². The Morgan fingerprint density at radius 3 is 2.38 bits per heavy atom. The highest BCUT2D eigenvalue weighted by Crippen LogP contribution is 2.35. The van der Waals surface area contributed by atoms with Crippen molar-refractivity contribution in [3.63, 3.8) is 0 Å². The molecule has 5 heteroatoms. The van der Waals surface area contributed by atoms with Crippen LogP contribution in [0.15, 0.2) is 6.07 Å². The number of rotatable bonds is 6. The molecule has 0 bridgehead atoms. The molecule has 1 fully saturated rings. The molecule has 1 aliphatic carbocycles. The molecule has 0 spiro atoms. The van der Waals surface area contributed by atoms with Crippen LogP contribution < -0.4 is 10.6 Å². The molecule has 1 saturated carbocycles. The molecule has 1 aliphatic rings. The summed E-state index contributed by atoms with van der Waals surface area (Å²) in [6.45, 7) is 9.51. The summed E-state index contributed by atoms with van der Waals surface area (Å²) in [6.07, 6.45) is 4.20. The maximum atomic E-state index is 9.62. The molecule has 3 N–H and O–H groups in total. The predicted octanol–water partition coefficient (Wildman–Crippen LogP) is 2.92. The van der Waals surface area contributed by atoms with Gasteiger partial charge in [0, 0.05) is 18.0 Å². The van der Waals surface area contributed by atoms with E-state index in [1.807, 2.05) is 6.07 Å². The third-order valence-corrected chi connectivity index (χ3v) is 3.96. The van der Waals surface area contributed by atoms with Crippen molar-refractivity contribution in [2.24, 2.45) is 0 Å². The number of nitrogens with one attached hydrogen (secondary N) is 2. The summed E-state index contributed by atoms with van der Waals surface area (Å²) < 4.78 is 0. The number of hydrogen-bond acceptors (Lipinski definition) is 5.